The Morgan fingerprint density at radius 3 is 2.31 bits per heavy atom. The maximum absolute atomic E-state index is 13.7. The van der Waals surface area contributed by atoms with Crippen molar-refractivity contribution in [1.82, 2.24) is 25.4 Å². The topological polar surface area (TPSA) is 171 Å². The number of nitrogens with one attached hydrogen (secondary N) is 3. The zero-order valence-corrected chi connectivity index (χ0v) is 36.2. The second-order valence-corrected chi connectivity index (χ2v) is 19.2. The van der Waals surface area contributed by atoms with Crippen LogP contribution in [0.3, 0.4) is 0 Å². The van der Waals surface area contributed by atoms with E-state index in [1.165, 1.54) is 6.07 Å². The number of piperidine rings is 1. The molecular weight excluding hydrogens is 785 g/mol. The number of aromatic amines is 1. The Balaban J connectivity index is 0.770. The molecule has 3 aromatic carbocycles. The lowest BCUT2D eigenvalue weighted by molar-refractivity contribution is -0.163. The lowest BCUT2D eigenvalue weighted by atomic mass is 9.49. The molecule has 0 bridgehead atoms. The fraction of sp³-hybridized carbons (Fsp3) is 0.458. The van der Waals surface area contributed by atoms with E-state index in [2.05, 4.69) is 96.1 Å². The van der Waals surface area contributed by atoms with Crippen LogP contribution in [0.5, 0.6) is 5.75 Å². The highest BCUT2D eigenvalue weighted by molar-refractivity contribution is 6.05. The van der Waals surface area contributed by atoms with E-state index >= 15 is 0 Å². The molecule has 0 radical (unpaired) electrons. The van der Waals surface area contributed by atoms with Crippen LogP contribution in [0.2, 0.25) is 0 Å². The van der Waals surface area contributed by atoms with Crippen molar-refractivity contribution in [3.05, 3.63) is 99.3 Å². The highest BCUT2D eigenvalue weighted by atomic mass is 16.5. The molecule has 0 spiro atoms. The summed E-state index contributed by atoms with van der Waals surface area (Å²) in [6, 6.07) is 22.4. The van der Waals surface area contributed by atoms with Crippen molar-refractivity contribution in [2.24, 2.45) is 16.7 Å². The number of amides is 4. The smallest absolute Gasteiger partial charge is 0.255 e. The lowest BCUT2D eigenvalue weighted by Crippen LogP contribution is -2.74. The molecular formula is C48H54N8O6. The van der Waals surface area contributed by atoms with Crippen LogP contribution in [-0.2, 0) is 16.1 Å². The van der Waals surface area contributed by atoms with Crippen molar-refractivity contribution >= 4 is 45.9 Å². The predicted molar refractivity (Wildman–Crippen MR) is 235 cm³/mol. The zero-order valence-electron chi connectivity index (χ0n) is 36.2. The first-order chi connectivity index (χ1) is 29.5. The molecule has 3 N–H and O–H groups in total. The van der Waals surface area contributed by atoms with Gasteiger partial charge in [-0.25, -0.2) is 0 Å². The fourth-order valence-electron chi connectivity index (χ4n) is 11.2. The molecule has 1 aliphatic carbocycles. The monoisotopic (exact) mass is 838 g/mol. The number of nitriles is 1. The minimum absolute atomic E-state index is 0.133. The summed E-state index contributed by atoms with van der Waals surface area (Å²) in [4.78, 5) is 74.8. The quantitative estimate of drug-likeness (QED) is 0.199. The number of piperazine rings is 1. The molecule has 14 nitrogen and oxygen atoms in total. The van der Waals surface area contributed by atoms with Gasteiger partial charge >= 0.3 is 0 Å². The number of H-pyrrole nitrogens is 1. The summed E-state index contributed by atoms with van der Waals surface area (Å²) < 4.78 is 6.63. The number of pyridine rings is 1. The van der Waals surface area contributed by atoms with Crippen LogP contribution in [0.1, 0.15) is 86.2 Å². The molecule has 5 heterocycles. The third-order valence-corrected chi connectivity index (χ3v) is 14.2. The standard InChI is InChI=1S/C48H54N8O6/c1-27-22-55(28(2)21-53(27)23-29-24-54(25-29)34-12-13-35-32(19-34)26-56(44(35)61)37-15-18-40(58)51-43(37)60)33-10-7-30(8-11-33)42(59)52-45-47(3,4)46(48(45,5)6)62-38-16-9-31(20-49)41-36(38)14-17-39(57)50-41/h7-14,16-17,19,27-29,37,45-46H,15,18,21-26H2,1-6H3,(H,50,57)(H,52,59)(H,51,58,60)/t27-,28+,37?,45?,46?/m1/s1. The number of carbonyl (C=O) groups is 4. The summed E-state index contributed by atoms with van der Waals surface area (Å²) in [5.74, 6) is 0.142. The molecule has 3 atom stereocenters. The summed E-state index contributed by atoms with van der Waals surface area (Å²) in [5.41, 5.74) is 4.04. The predicted octanol–water partition coefficient (Wildman–Crippen LogP) is 4.81. The Hall–Kier alpha value is -6.20. The Morgan fingerprint density at radius 2 is 1.60 bits per heavy atom. The normalized spacial score (nSPS) is 25.7. The minimum Gasteiger partial charge on any atom is -0.488 e. The van der Waals surface area contributed by atoms with Gasteiger partial charge in [0.2, 0.25) is 17.4 Å². The Kier molecular flexibility index (Phi) is 10.2. The molecule has 4 fully saturated rings. The van der Waals surface area contributed by atoms with E-state index in [9.17, 15) is 29.2 Å². The molecule has 1 saturated carbocycles. The maximum atomic E-state index is 13.7. The van der Waals surface area contributed by atoms with Gasteiger partial charge in [-0.15, -0.1) is 0 Å². The van der Waals surface area contributed by atoms with E-state index in [0.717, 1.165) is 49.7 Å². The van der Waals surface area contributed by atoms with Gasteiger partial charge in [-0.2, -0.15) is 5.26 Å². The zero-order chi connectivity index (χ0) is 43.8. The number of imide groups is 1. The van der Waals surface area contributed by atoms with E-state index in [0.29, 0.717) is 58.3 Å². The number of nitrogens with zero attached hydrogens (tertiary/aromatic N) is 5. The molecule has 62 heavy (non-hydrogen) atoms. The molecule has 4 aromatic rings. The van der Waals surface area contributed by atoms with E-state index in [4.69, 9.17) is 4.74 Å². The number of anilines is 2. The Bertz CT molecular complexity index is 2570. The molecule has 1 aromatic heterocycles. The van der Waals surface area contributed by atoms with Gasteiger partial charge in [0.1, 0.15) is 24.0 Å². The summed E-state index contributed by atoms with van der Waals surface area (Å²) in [6.07, 6.45) is 0.341. The molecule has 1 unspecified atom stereocenters. The average molecular weight is 839 g/mol. The van der Waals surface area contributed by atoms with Gasteiger partial charge in [-0.05, 0) is 86.5 Å². The van der Waals surface area contributed by atoms with Crippen LogP contribution in [0.25, 0.3) is 10.9 Å². The van der Waals surface area contributed by atoms with Gasteiger partial charge in [-0.1, -0.05) is 27.7 Å². The third kappa shape index (κ3) is 7.06. The van der Waals surface area contributed by atoms with E-state index in [1.807, 2.05) is 24.3 Å². The van der Waals surface area contributed by atoms with Crippen LogP contribution in [0.4, 0.5) is 11.4 Å². The summed E-state index contributed by atoms with van der Waals surface area (Å²) in [5, 5.41) is 15.9. The van der Waals surface area contributed by atoms with Crippen molar-refractivity contribution in [1.29, 1.82) is 5.26 Å². The number of hydrogen-bond acceptors (Lipinski definition) is 10. The number of fused-ring (bicyclic) bond motifs is 2. The molecule has 4 aliphatic heterocycles. The molecule has 5 aliphatic rings. The van der Waals surface area contributed by atoms with Gasteiger partial charge in [-0.3, -0.25) is 34.2 Å². The first-order valence-corrected chi connectivity index (χ1v) is 21.7. The van der Waals surface area contributed by atoms with Gasteiger partial charge in [0.15, 0.2) is 0 Å². The van der Waals surface area contributed by atoms with Crippen LogP contribution < -0.4 is 30.7 Å². The summed E-state index contributed by atoms with van der Waals surface area (Å²) in [7, 11) is 0. The SMILES string of the molecule is C[C@@H]1CN(c2ccc(C(=O)NC3C(C)(C)C(Oc4ccc(C#N)c5[nH]c(=O)ccc45)C3(C)C)cc2)[C@@H](C)CN1CC1CN(c2ccc3c(c2)CN(C2CCC(=O)NC2=O)C3=O)C1. The maximum Gasteiger partial charge on any atom is 0.255 e. The minimum atomic E-state index is -0.614. The number of rotatable bonds is 9. The van der Waals surface area contributed by atoms with Crippen molar-refractivity contribution in [2.45, 2.75) is 91.2 Å². The fourth-order valence-corrected chi connectivity index (χ4v) is 11.2. The largest absolute Gasteiger partial charge is 0.488 e. The van der Waals surface area contributed by atoms with E-state index < -0.39 is 22.8 Å². The van der Waals surface area contributed by atoms with Crippen LogP contribution in [0.15, 0.2) is 71.5 Å². The van der Waals surface area contributed by atoms with Gasteiger partial charge in [0.05, 0.1) is 11.1 Å². The molecule has 9 rings (SSSR count). The van der Waals surface area contributed by atoms with E-state index in [1.54, 1.807) is 23.1 Å². The highest BCUT2D eigenvalue weighted by Gasteiger charge is 2.64. The number of carbonyl (C=O) groups excluding carboxylic acids is 4. The molecule has 3 saturated heterocycles. The lowest BCUT2D eigenvalue weighted by Gasteiger charge is -2.63. The number of ether oxygens (including phenoxy) is 1. The van der Waals surface area contributed by atoms with E-state index in [-0.39, 0.29) is 47.9 Å². The van der Waals surface area contributed by atoms with Gasteiger partial charge in [0.25, 0.3) is 11.8 Å². The van der Waals surface area contributed by atoms with Crippen molar-refractivity contribution in [2.75, 3.05) is 42.5 Å². The van der Waals surface area contributed by atoms with Crippen LogP contribution >= 0.6 is 0 Å². The third-order valence-electron chi connectivity index (χ3n) is 14.2. The first-order valence-electron chi connectivity index (χ1n) is 21.7. The second kappa shape index (κ2) is 15.3. The Labute approximate surface area is 361 Å². The first kappa shape index (κ1) is 41.2. The van der Waals surface area contributed by atoms with Crippen LogP contribution in [-0.4, -0.2) is 101 Å². The van der Waals surface area contributed by atoms with Crippen LogP contribution in [0, 0.1) is 28.1 Å². The molecule has 14 heteroatoms. The van der Waals surface area contributed by atoms with Crippen molar-refractivity contribution in [3.8, 4) is 11.8 Å². The van der Waals surface area contributed by atoms with Crippen molar-refractivity contribution in [3.63, 3.8) is 0 Å². The molecule has 322 valence electrons. The number of aromatic nitrogens is 1. The highest BCUT2D eigenvalue weighted by Crippen LogP contribution is 2.56. The van der Waals surface area contributed by atoms with Gasteiger partial charge < -0.3 is 29.7 Å². The van der Waals surface area contributed by atoms with Crippen molar-refractivity contribution < 1.29 is 23.9 Å². The number of hydrogen-bond donors (Lipinski definition) is 3. The summed E-state index contributed by atoms with van der Waals surface area (Å²) in [6.45, 7) is 18.0. The summed E-state index contributed by atoms with van der Waals surface area (Å²) >= 11 is 0. The molecule has 4 amide bonds. The average Bonchev–Trinajstić information content (AvgIpc) is 3.55. The number of benzene rings is 3. The second-order valence-electron chi connectivity index (χ2n) is 19.2. The Morgan fingerprint density at radius 1 is 0.871 bits per heavy atom. The van der Waals surface area contributed by atoms with Gasteiger partial charge in [0, 0.05) is 115 Å².